The van der Waals surface area contributed by atoms with Crippen LogP contribution in [0.15, 0.2) is 85.1 Å². The number of aromatic nitrogens is 2. The number of alkyl carbamates (subject to hydrolysis) is 1. The van der Waals surface area contributed by atoms with Gasteiger partial charge < -0.3 is 14.8 Å². The van der Waals surface area contributed by atoms with Crippen molar-refractivity contribution >= 4 is 17.8 Å². The van der Waals surface area contributed by atoms with Gasteiger partial charge in [-0.1, -0.05) is 79.6 Å². The molecule has 46 heavy (non-hydrogen) atoms. The minimum Gasteiger partial charge on any atom is -0.491 e. The summed E-state index contributed by atoms with van der Waals surface area (Å²) in [7, 11) is 0. The molecule has 1 amide bonds. The van der Waals surface area contributed by atoms with Crippen LogP contribution < -0.4 is 19.9 Å². The molecule has 1 aliphatic rings. The third-order valence-corrected chi connectivity index (χ3v) is 7.58. The molecule has 240 valence electrons. The number of carbonyl (C=O) groups is 2. The summed E-state index contributed by atoms with van der Waals surface area (Å²) < 4.78 is 27.6. The highest BCUT2D eigenvalue weighted by Gasteiger charge is 2.41. The average Bonchev–Trinajstić information content (AvgIpc) is 3.34. The van der Waals surface area contributed by atoms with Gasteiger partial charge in [-0.2, -0.15) is 4.57 Å². The average molecular weight is 626 g/mol. The van der Waals surface area contributed by atoms with Gasteiger partial charge in [0.2, 0.25) is 0 Å². The van der Waals surface area contributed by atoms with Gasteiger partial charge in [-0.05, 0) is 56.9 Å². The third-order valence-electron chi connectivity index (χ3n) is 7.58. The largest absolute Gasteiger partial charge is 0.491 e. The van der Waals surface area contributed by atoms with Crippen LogP contribution in [0.3, 0.4) is 0 Å². The molecule has 0 radical (unpaired) electrons. The molecule has 1 aliphatic heterocycles. The minimum atomic E-state index is -0.557. The summed E-state index contributed by atoms with van der Waals surface area (Å²) in [5.74, 6) is 0.304. The summed E-state index contributed by atoms with van der Waals surface area (Å²) in [4.78, 5) is 30.3. The highest BCUT2D eigenvalue weighted by Crippen LogP contribution is 2.26. The number of halogens is 1. The molecule has 2 heterocycles. The van der Waals surface area contributed by atoms with Crippen molar-refractivity contribution in [2.75, 3.05) is 18.5 Å². The van der Waals surface area contributed by atoms with Crippen LogP contribution in [0.4, 0.5) is 15.0 Å². The van der Waals surface area contributed by atoms with E-state index in [1.807, 2.05) is 87.5 Å². The summed E-state index contributed by atoms with van der Waals surface area (Å²) in [5.41, 5.74) is 3.70. The van der Waals surface area contributed by atoms with Gasteiger partial charge >= 0.3 is 17.8 Å². The predicted octanol–water partition coefficient (Wildman–Crippen LogP) is 6.91. The zero-order valence-electron chi connectivity index (χ0n) is 26.7. The number of unbranched alkanes of at least 4 members (excludes halogenated alkanes) is 3. The van der Waals surface area contributed by atoms with Gasteiger partial charge in [-0.15, -0.1) is 0 Å². The lowest BCUT2D eigenvalue weighted by Gasteiger charge is -2.19. The highest BCUT2D eigenvalue weighted by atomic mass is 19.1. The number of hydrogen-bond acceptors (Lipinski definition) is 6. The number of benzene rings is 3. The van der Waals surface area contributed by atoms with Crippen molar-refractivity contribution in [1.29, 1.82) is 0 Å². The van der Waals surface area contributed by atoms with E-state index in [0.29, 0.717) is 37.4 Å². The van der Waals surface area contributed by atoms with Gasteiger partial charge in [0.25, 0.3) is 0 Å². The molecule has 1 unspecified atom stereocenters. The number of fused-ring (bicyclic) bond motifs is 1. The first-order chi connectivity index (χ1) is 22.2. The van der Waals surface area contributed by atoms with Gasteiger partial charge in [0, 0.05) is 24.9 Å². The van der Waals surface area contributed by atoms with Crippen molar-refractivity contribution in [2.24, 2.45) is 0 Å². The molecule has 1 aromatic heterocycles. The van der Waals surface area contributed by atoms with E-state index in [4.69, 9.17) is 14.5 Å². The Kier molecular flexibility index (Phi) is 10.6. The Hall–Kier alpha value is -4.79. The molecule has 1 atom stereocenters. The van der Waals surface area contributed by atoms with Gasteiger partial charge in [-0.3, -0.25) is 5.32 Å². The van der Waals surface area contributed by atoms with E-state index in [0.717, 1.165) is 48.2 Å². The fraction of sp³-hybridized carbons (Fsp3) is 0.351. The molecule has 0 bridgehead atoms. The molecule has 0 saturated heterocycles. The summed E-state index contributed by atoms with van der Waals surface area (Å²) >= 11 is 0. The zero-order valence-corrected chi connectivity index (χ0v) is 26.7. The van der Waals surface area contributed by atoms with E-state index < -0.39 is 23.6 Å². The molecule has 9 heteroatoms. The smallest absolute Gasteiger partial charge is 0.407 e. The van der Waals surface area contributed by atoms with Crippen LogP contribution in [0.1, 0.15) is 68.1 Å². The van der Waals surface area contributed by atoms with E-state index in [9.17, 15) is 9.59 Å². The summed E-state index contributed by atoms with van der Waals surface area (Å²) in [6.45, 7) is 6.43. The van der Waals surface area contributed by atoms with Crippen molar-refractivity contribution < 1.29 is 28.0 Å². The number of carbonyl (C=O) groups excluding carboxylic acids is 2. The molecule has 4 aromatic rings. The number of rotatable bonds is 13. The molecule has 0 fully saturated rings. The monoisotopic (exact) mass is 625 g/mol. The van der Waals surface area contributed by atoms with Crippen LogP contribution in [0.25, 0.3) is 11.3 Å². The van der Waals surface area contributed by atoms with E-state index in [1.54, 1.807) is 16.8 Å². The lowest BCUT2D eigenvalue weighted by molar-refractivity contribution is -0.552. The Morgan fingerprint density at radius 1 is 0.957 bits per heavy atom. The van der Waals surface area contributed by atoms with Crippen LogP contribution in [0, 0.1) is 5.82 Å². The number of amides is 1. The minimum absolute atomic E-state index is 0.106. The van der Waals surface area contributed by atoms with Crippen LogP contribution in [-0.2, 0) is 17.6 Å². The summed E-state index contributed by atoms with van der Waals surface area (Å²) in [6.07, 6.45) is 5.67. The molecule has 5 rings (SSSR count). The van der Waals surface area contributed by atoms with Crippen molar-refractivity contribution in [2.45, 2.75) is 70.9 Å². The Bertz CT molecular complexity index is 1640. The van der Waals surface area contributed by atoms with E-state index in [-0.39, 0.29) is 11.7 Å². The second kappa shape index (κ2) is 15.0. The molecule has 3 aromatic carbocycles. The fourth-order valence-corrected chi connectivity index (χ4v) is 5.36. The number of nitrogens with one attached hydrogen (secondary N) is 2. The summed E-state index contributed by atoms with van der Waals surface area (Å²) in [5, 5.41) is 6.13. The van der Waals surface area contributed by atoms with E-state index in [2.05, 4.69) is 10.6 Å². The maximum absolute atomic E-state index is 15.0. The van der Waals surface area contributed by atoms with Crippen LogP contribution in [0.5, 0.6) is 5.75 Å². The van der Waals surface area contributed by atoms with Gasteiger partial charge in [0.05, 0.1) is 6.61 Å². The third kappa shape index (κ3) is 8.90. The van der Waals surface area contributed by atoms with Crippen molar-refractivity contribution in [3.8, 4) is 17.0 Å². The quantitative estimate of drug-likeness (QED) is 0.124. The molecule has 2 N–H and O–H groups in total. The van der Waals surface area contributed by atoms with Gasteiger partial charge in [-0.25, -0.2) is 19.0 Å². The van der Waals surface area contributed by atoms with E-state index in [1.165, 1.54) is 6.07 Å². The van der Waals surface area contributed by atoms with Crippen molar-refractivity contribution in [3.63, 3.8) is 0 Å². The molecule has 0 spiro atoms. The van der Waals surface area contributed by atoms with E-state index >= 15 is 4.39 Å². The number of nitrogens with zero attached hydrogens (tertiary/aromatic N) is 2. The number of ether oxygens (including phenoxy) is 2. The summed E-state index contributed by atoms with van der Waals surface area (Å²) in [6, 6.07) is 24.2. The SMILES string of the molecule is CC(C)(C)OC(=O)NCCCCCCOc1ccc(CC2Nc3c(Cc4ccccc4)nc(-c4ccccc4)c[n+]3C2=O)cc1F. The highest BCUT2D eigenvalue weighted by molar-refractivity contribution is 5.82. The Labute approximate surface area is 270 Å². The predicted molar refractivity (Wildman–Crippen MR) is 175 cm³/mol. The van der Waals surface area contributed by atoms with Gasteiger partial charge in [0.15, 0.2) is 17.6 Å². The Morgan fingerprint density at radius 2 is 1.67 bits per heavy atom. The molecule has 8 nitrogen and oxygen atoms in total. The maximum atomic E-state index is 15.0. The maximum Gasteiger partial charge on any atom is 0.407 e. The topological polar surface area (TPSA) is 93.4 Å². The zero-order chi connectivity index (χ0) is 32.5. The molecular formula is C37H42FN4O4+. The Balaban J connectivity index is 1.15. The second-order valence-corrected chi connectivity index (χ2v) is 12.5. The first-order valence-electron chi connectivity index (χ1n) is 15.9. The lowest BCUT2D eigenvalue weighted by Crippen LogP contribution is -2.44. The second-order valence-electron chi connectivity index (χ2n) is 12.5. The van der Waals surface area contributed by atoms with Gasteiger partial charge in [0.1, 0.15) is 23.2 Å². The first-order valence-corrected chi connectivity index (χ1v) is 15.9. The van der Waals surface area contributed by atoms with Crippen LogP contribution in [-0.4, -0.2) is 41.8 Å². The normalized spacial score (nSPS) is 14.0. The molecular weight excluding hydrogens is 583 g/mol. The van der Waals surface area contributed by atoms with Crippen molar-refractivity contribution in [1.82, 2.24) is 10.3 Å². The van der Waals surface area contributed by atoms with Crippen LogP contribution in [0.2, 0.25) is 0 Å². The number of hydrogen-bond donors (Lipinski definition) is 2. The fourth-order valence-electron chi connectivity index (χ4n) is 5.36. The standard InChI is InChI=1S/C37H41FN4O4/c1-37(2,3)46-36(44)39-20-12-4-5-13-21-45-33-19-18-27(22-29(33)38)24-31-35(43)42-25-32(28-16-10-7-11-17-28)40-30(34(42)41-31)23-26-14-8-6-9-15-26/h6-11,14-19,22,25,31H,4-5,12-13,20-21,23-24H2,1-3H3,(H,39,44)/p+1. The Morgan fingerprint density at radius 3 is 2.39 bits per heavy atom. The number of anilines is 1. The van der Waals surface area contributed by atoms with Crippen LogP contribution >= 0.6 is 0 Å². The first kappa shape index (κ1) is 32.6. The lowest BCUT2D eigenvalue weighted by atomic mass is 10.1. The molecule has 0 saturated carbocycles. The van der Waals surface area contributed by atoms with Crippen molar-refractivity contribution in [3.05, 3.63) is 108 Å². The molecule has 0 aliphatic carbocycles.